The molecule has 1 aliphatic rings. The van der Waals surface area contributed by atoms with E-state index >= 15 is 0 Å². The van der Waals surface area contributed by atoms with Crippen molar-refractivity contribution in [2.45, 2.75) is 43.9 Å². The number of hydrogen-bond acceptors (Lipinski definition) is 0. The van der Waals surface area contributed by atoms with Gasteiger partial charge in [0.1, 0.15) is 0 Å². The van der Waals surface area contributed by atoms with E-state index in [0.717, 1.165) is 0 Å². The van der Waals surface area contributed by atoms with Crippen LogP contribution in [0.4, 0.5) is 0 Å². The van der Waals surface area contributed by atoms with Gasteiger partial charge in [-0.25, -0.2) is 0 Å². The Kier molecular flexibility index (Phi) is 4.49. The zero-order valence-electron chi connectivity index (χ0n) is 12.9. The molecule has 3 rings (SSSR count). The first-order valence-corrected chi connectivity index (χ1v) is 8.91. The van der Waals surface area contributed by atoms with Crippen LogP contribution in [0, 0.1) is 5.92 Å². The topological polar surface area (TPSA) is 0 Å². The van der Waals surface area contributed by atoms with Crippen molar-refractivity contribution in [1.82, 2.24) is 0 Å². The normalized spacial score (nSPS) is 17.5. The predicted molar refractivity (Wildman–Crippen MR) is 94.2 cm³/mol. The summed E-state index contributed by atoms with van der Waals surface area (Å²) in [7, 11) is 0. The number of alkyl halides is 1. The van der Waals surface area contributed by atoms with Gasteiger partial charge < -0.3 is 0 Å². The molecule has 110 valence electrons. The van der Waals surface area contributed by atoms with Crippen molar-refractivity contribution < 1.29 is 0 Å². The summed E-state index contributed by atoms with van der Waals surface area (Å²) in [6.45, 7) is 4.55. The third-order valence-electron chi connectivity index (χ3n) is 4.93. The van der Waals surface area contributed by atoms with Crippen LogP contribution in [-0.4, -0.2) is 0 Å². The fourth-order valence-corrected chi connectivity index (χ4v) is 4.00. The van der Waals surface area contributed by atoms with Crippen LogP contribution in [0.2, 0.25) is 0 Å². The van der Waals surface area contributed by atoms with Crippen molar-refractivity contribution in [3.63, 3.8) is 0 Å². The molecule has 21 heavy (non-hydrogen) atoms. The Morgan fingerprint density at radius 3 is 2.00 bits per heavy atom. The van der Waals surface area contributed by atoms with E-state index in [9.17, 15) is 0 Å². The quantitative estimate of drug-likeness (QED) is 0.593. The fraction of sp³-hybridized carbons (Fsp3) is 0.400. The van der Waals surface area contributed by atoms with Gasteiger partial charge in [0, 0.05) is 4.83 Å². The number of halogens is 1. The summed E-state index contributed by atoms with van der Waals surface area (Å²) in [4.78, 5) is 0.455. The molecule has 0 saturated heterocycles. The van der Waals surface area contributed by atoms with Gasteiger partial charge in [-0.2, -0.15) is 0 Å². The SMILES string of the molecule is CCC(C)c1ccc(C(Br)C2Cc3ccccc3C2)cc1. The molecular weight excluding hydrogens is 320 g/mol. The van der Waals surface area contributed by atoms with Crippen LogP contribution < -0.4 is 0 Å². The smallest absolute Gasteiger partial charge is 0.0429 e. The summed E-state index contributed by atoms with van der Waals surface area (Å²) in [5.41, 5.74) is 5.93. The summed E-state index contributed by atoms with van der Waals surface area (Å²) in [6, 6.07) is 18.1. The molecule has 0 spiro atoms. The van der Waals surface area contributed by atoms with Crippen LogP contribution >= 0.6 is 15.9 Å². The lowest BCUT2D eigenvalue weighted by atomic mass is 9.93. The van der Waals surface area contributed by atoms with Gasteiger partial charge in [0.2, 0.25) is 0 Å². The Bertz CT molecular complexity index is 574. The first-order valence-electron chi connectivity index (χ1n) is 7.99. The van der Waals surface area contributed by atoms with Crippen LogP contribution in [0.15, 0.2) is 48.5 Å². The third kappa shape index (κ3) is 3.08. The highest BCUT2D eigenvalue weighted by Gasteiger charge is 2.27. The van der Waals surface area contributed by atoms with E-state index in [1.54, 1.807) is 0 Å². The van der Waals surface area contributed by atoms with Crippen LogP contribution in [0.5, 0.6) is 0 Å². The van der Waals surface area contributed by atoms with E-state index in [1.165, 1.54) is 41.5 Å². The molecule has 0 heterocycles. The summed E-state index contributed by atoms with van der Waals surface area (Å²) in [5, 5.41) is 0. The number of hydrogen-bond donors (Lipinski definition) is 0. The van der Waals surface area contributed by atoms with Crippen molar-refractivity contribution in [2.24, 2.45) is 5.92 Å². The van der Waals surface area contributed by atoms with Crippen LogP contribution in [-0.2, 0) is 12.8 Å². The molecule has 1 aliphatic carbocycles. The molecule has 1 heteroatoms. The third-order valence-corrected chi connectivity index (χ3v) is 6.21. The van der Waals surface area contributed by atoms with Crippen LogP contribution in [0.25, 0.3) is 0 Å². The highest BCUT2D eigenvalue weighted by Crippen LogP contribution is 2.40. The average Bonchev–Trinajstić information content (AvgIpc) is 2.97. The van der Waals surface area contributed by atoms with Crippen molar-refractivity contribution in [3.05, 3.63) is 70.8 Å². The van der Waals surface area contributed by atoms with Gasteiger partial charge in [0.05, 0.1) is 0 Å². The average molecular weight is 343 g/mol. The van der Waals surface area contributed by atoms with Gasteiger partial charge >= 0.3 is 0 Å². The first kappa shape index (κ1) is 14.8. The van der Waals surface area contributed by atoms with Crippen LogP contribution in [0.3, 0.4) is 0 Å². The number of rotatable bonds is 4. The molecular formula is C20H23Br. The molecule has 0 aliphatic heterocycles. The Labute approximate surface area is 136 Å². The maximum absolute atomic E-state index is 3.95. The van der Waals surface area contributed by atoms with Gasteiger partial charge in [-0.1, -0.05) is 78.3 Å². The van der Waals surface area contributed by atoms with Crippen LogP contribution in [0.1, 0.15) is 53.3 Å². The molecule has 0 nitrogen and oxygen atoms in total. The number of fused-ring (bicyclic) bond motifs is 1. The van der Waals surface area contributed by atoms with Crippen molar-refractivity contribution >= 4 is 15.9 Å². The lowest BCUT2D eigenvalue weighted by molar-refractivity contribution is 0.554. The minimum Gasteiger partial charge on any atom is -0.0835 e. The predicted octanol–water partition coefficient (Wildman–Crippen LogP) is 6.05. The molecule has 2 atom stereocenters. The summed E-state index contributed by atoms with van der Waals surface area (Å²) >= 11 is 3.95. The summed E-state index contributed by atoms with van der Waals surface area (Å²) < 4.78 is 0. The molecule has 2 unspecified atom stereocenters. The monoisotopic (exact) mass is 342 g/mol. The maximum Gasteiger partial charge on any atom is 0.0429 e. The van der Waals surface area contributed by atoms with E-state index in [4.69, 9.17) is 0 Å². The van der Waals surface area contributed by atoms with E-state index < -0.39 is 0 Å². The van der Waals surface area contributed by atoms with Crippen molar-refractivity contribution in [3.8, 4) is 0 Å². The molecule has 0 N–H and O–H groups in total. The van der Waals surface area contributed by atoms with Crippen molar-refractivity contribution in [2.75, 3.05) is 0 Å². The van der Waals surface area contributed by atoms with Gasteiger partial charge in [0.15, 0.2) is 0 Å². The van der Waals surface area contributed by atoms with Gasteiger partial charge in [0.25, 0.3) is 0 Å². The molecule has 0 amide bonds. The van der Waals surface area contributed by atoms with E-state index in [2.05, 4.69) is 78.3 Å². The highest BCUT2D eigenvalue weighted by molar-refractivity contribution is 9.09. The maximum atomic E-state index is 3.95. The second-order valence-electron chi connectivity index (χ2n) is 6.31. The molecule has 0 saturated carbocycles. The van der Waals surface area contributed by atoms with Gasteiger partial charge in [-0.3, -0.25) is 0 Å². The summed E-state index contributed by atoms with van der Waals surface area (Å²) in [6.07, 6.45) is 3.59. The lowest BCUT2D eigenvalue weighted by Gasteiger charge is -2.18. The zero-order chi connectivity index (χ0) is 14.8. The molecule has 0 fully saturated rings. The minimum absolute atomic E-state index is 0.455. The molecule has 2 aromatic carbocycles. The molecule has 0 aromatic heterocycles. The lowest BCUT2D eigenvalue weighted by Crippen LogP contribution is -2.07. The fourth-order valence-electron chi connectivity index (χ4n) is 3.32. The second kappa shape index (κ2) is 6.36. The van der Waals surface area contributed by atoms with E-state index in [-0.39, 0.29) is 0 Å². The largest absolute Gasteiger partial charge is 0.0835 e. The van der Waals surface area contributed by atoms with Gasteiger partial charge in [-0.15, -0.1) is 0 Å². The Morgan fingerprint density at radius 1 is 0.952 bits per heavy atom. The summed E-state index contributed by atoms with van der Waals surface area (Å²) in [5.74, 6) is 1.33. The Morgan fingerprint density at radius 2 is 1.48 bits per heavy atom. The molecule has 0 radical (unpaired) electrons. The van der Waals surface area contributed by atoms with Gasteiger partial charge in [-0.05, 0) is 53.4 Å². The van der Waals surface area contributed by atoms with E-state index in [1.807, 2.05) is 0 Å². The standard InChI is InChI=1S/C20H23Br/c1-3-14(2)15-8-10-16(11-9-15)20(21)19-12-17-6-4-5-7-18(17)13-19/h4-11,14,19-20H,3,12-13H2,1-2H3. The Balaban J connectivity index is 1.73. The highest BCUT2D eigenvalue weighted by atomic mass is 79.9. The number of benzene rings is 2. The Hall–Kier alpha value is -1.08. The minimum atomic E-state index is 0.455. The zero-order valence-corrected chi connectivity index (χ0v) is 14.4. The van der Waals surface area contributed by atoms with Crippen molar-refractivity contribution in [1.29, 1.82) is 0 Å². The second-order valence-corrected chi connectivity index (χ2v) is 7.30. The molecule has 0 bridgehead atoms. The van der Waals surface area contributed by atoms with E-state index in [0.29, 0.717) is 16.7 Å². The first-order chi connectivity index (χ1) is 10.2. The molecule has 2 aromatic rings.